The molecule has 1 heterocycles. The molecule has 0 saturated carbocycles. The molecule has 2 aromatic rings. The molecule has 0 amide bonds. The van der Waals surface area contributed by atoms with Crippen molar-refractivity contribution in [2.24, 2.45) is 0 Å². The Bertz CT molecular complexity index is 708. The summed E-state index contributed by atoms with van der Waals surface area (Å²) in [5.74, 6) is 0.658. The topological polar surface area (TPSA) is 43.7 Å². The zero-order chi connectivity index (χ0) is 13.9. The molecule has 2 aromatic carbocycles. The smallest absolute Gasteiger partial charge is 0.165 e. The third-order valence-corrected chi connectivity index (χ3v) is 5.00. The molecular formula is C17H19NO2. The van der Waals surface area contributed by atoms with Gasteiger partial charge in [0.15, 0.2) is 11.5 Å². The third-order valence-electron chi connectivity index (χ3n) is 5.00. The zero-order valence-electron chi connectivity index (χ0n) is 11.7. The minimum absolute atomic E-state index is 0.0139. The van der Waals surface area contributed by atoms with Crippen LogP contribution in [0.2, 0.25) is 0 Å². The number of aromatic hydroxyl groups is 2. The lowest BCUT2D eigenvalue weighted by Gasteiger charge is -2.38. The Balaban J connectivity index is 2.13. The van der Waals surface area contributed by atoms with E-state index in [0.717, 1.165) is 23.7 Å². The number of hydrogen-bond donors (Lipinski definition) is 2. The van der Waals surface area contributed by atoms with E-state index in [0.29, 0.717) is 5.92 Å². The van der Waals surface area contributed by atoms with Crippen molar-refractivity contribution in [1.29, 1.82) is 0 Å². The normalized spacial score (nSPS) is 21.1. The largest absolute Gasteiger partial charge is 0.504 e. The number of anilines is 1. The van der Waals surface area contributed by atoms with E-state index in [-0.39, 0.29) is 11.5 Å². The van der Waals surface area contributed by atoms with Crippen LogP contribution >= 0.6 is 0 Å². The monoisotopic (exact) mass is 269 g/mol. The molecule has 4 rings (SSSR count). The minimum atomic E-state index is -0.0139. The van der Waals surface area contributed by atoms with Gasteiger partial charge < -0.3 is 15.1 Å². The van der Waals surface area contributed by atoms with Gasteiger partial charge >= 0.3 is 0 Å². The fourth-order valence-electron chi connectivity index (χ4n) is 4.01. The Morgan fingerprint density at radius 3 is 2.90 bits per heavy atom. The number of aryl methyl sites for hydroxylation is 1. The maximum Gasteiger partial charge on any atom is 0.165 e. The first-order chi connectivity index (χ1) is 9.66. The van der Waals surface area contributed by atoms with Crippen LogP contribution < -0.4 is 4.90 Å². The van der Waals surface area contributed by atoms with E-state index in [4.69, 9.17) is 0 Å². The van der Waals surface area contributed by atoms with E-state index >= 15 is 0 Å². The Kier molecular flexibility index (Phi) is 2.40. The van der Waals surface area contributed by atoms with Crippen LogP contribution in [0, 0.1) is 0 Å². The van der Waals surface area contributed by atoms with Crippen molar-refractivity contribution in [3.63, 3.8) is 0 Å². The van der Waals surface area contributed by atoms with Crippen LogP contribution in [0.1, 0.15) is 36.3 Å². The molecule has 1 atom stereocenters. The minimum Gasteiger partial charge on any atom is -0.504 e. The van der Waals surface area contributed by atoms with Crippen molar-refractivity contribution >= 4 is 16.5 Å². The molecule has 3 heteroatoms. The molecular weight excluding hydrogens is 250 g/mol. The summed E-state index contributed by atoms with van der Waals surface area (Å²) in [6, 6.07) is 5.66. The van der Waals surface area contributed by atoms with Crippen molar-refractivity contribution < 1.29 is 10.2 Å². The summed E-state index contributed by atoms with van der Waals surface area (Å²) in [7, 11) is 2.15. The van der Waals surface area contributed by atoms with Gasteiger partial charge in [0.1, 0.15) is 0 Å². The zero-order valence-corrected chi connectivity index (χ0v) is 11.7. The first kappa shape index (κ1) is 11.9. The van der Waals surface area contributed by atoms with Gasteiger partial charge in [-0.05, 0) is 60.2 Å². The van der Waals surface area contributed by atoms with Gasteiger partial charge in [-0.25, -0.2) is 0 Å². The molecule has 0 bridgehead atoms. The second-order valence-electron chi connectivity index (χ2n) is 6.12. The van der Waals surface area contributed by atoms with Gasteiger partial charge in [-0.1, -0.05) is 6.07 Å². The van der Waals surface area contributed by atoms with Gasteiger partial charge in [0, 0.05) is 24.7 Å². The van der Waals surface area contributed by atoms with Gasteiger partial charge in [0.25, 0.3) is 0 Å². The van der Waals surface area contributed by atoms with Gasteiger partial charge in [-0.3, -0.25) is 0 Å². The number of nitrogens with zero attached hydrogens (tertiary/aromatic N) is 1. The van der Waals surface area contributed by atoms with Crippen LogP contribution in [-0.2, 0) is 6.42 Å². The molecule has 1 aliphatic heterocycles. The standard InChI is InChI=1S/C17H19NO2/c1-18-8-7-10-3-2-4-12-15(10)13(18)9-11-5-6-14(19)17(20)16(11)12/h5-6,9-10,19-20H,2-4,7-8H2,1H3. The number of phenols is 2. The van der Waals surface area contributed by atoms with Gasteiger partial charge in [0.2, 0.25) is 0 Å². The van der Waals surface area contributed by atoms with E-state index in [9.17, 15) is 10.2 Å². The predicted octanol–water partition coefficient (Wildman–Crippen LogP) is 3.51. The highest BCUT2D eigenvalue weighted by atomic mass is 16.3. The average molecular weight is 269 g/mol. The van der Waals surface area contributed by atoms with Crippen molar-refractivity contribution in [3.05, 3.63) is 29.3 Å². The van der Waals surface area contributed by atoms with Crippen LogP contribution in [-0.4, -0.2) is 23.8 Å². The molecule has 0 aromatic heterocycles. The van der Waals surface area contributed by atoms with Crippen molar-refractivity contribution in [1.82, 2.24) is 0 Å². The van der Waals surface area contributed by atoms with E-state index < -0.39 is 0 Å². The summed E-state index contributed by atoms with van der Waals surface area (Å²) in [6.45, 7) is 1.10. The number of hydrogen-bond acceptors (Lipinski definition) is 3. The number of phenolic OH excluding ortho intramolecular Hbond substituents is 2. The van der Waals surface area contributed by atoms with E-state index in [1.54, 1.807) is 6.07 Å². The molecule has 0 radical (unpaired) electrons. The average Bonchev–Trinajstić information content (AvgIpc) is 2.46. The molecule has 0 spiro atoms. The predicted molar refractivity (Wildman–Crippen MR) is 80.8 cm³/mol. The Morgan fingerprint density at radius 1 is 1.20 bits per heavy atom. The van der Waals surface area contributed by atoms with E-state index in [1.165, 1.54) is 36.1 Å². The summed E-state index contributed by atoms with van der Waals surface area (Å²) < 4.78 is 0. The highest BCUT2D eigenvalue weighted by molar-refractivity contribution is 5.97. The summed E-state index contributed by atoms with van der Waals surface area (Å²) in [5.41, 5.74) is 3.99. The van der Waals surface area contributed by atoms with Crippen LogP contribution in [0.15, 0.2) is 18.2 Å². The molecule has 1 unspecified atom stereocenters. The lowest BCUT2D eigenvalue weighted by molar-refractivity contribution is 0.407. The number of fused-ring (bicyclic) bond motifs is 2. The van der Waals surface area contributed by atoms with Crippen LogP contribution in [0.3, 0.4) is 0 Å². The molecule has 2 aliphatic rings. The first-order valence-electron chi connectivity index (χ1n) is 7.38. The second-order valence-corrected chi connectivity index (χ2v) is 6.12. The van der Waals surface area contributed by atoms with Crippen molar-refractivity contribution in [3.8, 4) is 11.5 Å². The molecule has 3 nitrogen and oxygen atoms in total. The maximum absolute atomic E-state index is 10.3. The van der Waals surface area contributed by atoms with Crippen LogP contribution in [0.25, 0.3) is 10.8 Å². The summed E-state index contributed by atoms with van der Waals surface area (Å²) in [4.78, 5) is 2.32. The molecule has 2 N–H and O–H groups in total. The second kappa shape index (κ2) is 4.05. The molecule has 1 aliphatic carbocycles. The summed E-state index contributed by atoms with van der Waals surface area (Å²) in [5, 5.41) is 22.0. The van der Waals surface area contributed by atoms with E-state index in [2.05, 4.69) is 18.0 Å². The van der Waals surface area contributed by atoms with Crippen LogP contribution in [0.4, 0.5) is 5.69 Å². The Hall–Kier alpha value is -1.90. The molecule has 0 saturated heterocycles. The lowest BCUT2D eigenvalue weighted by Crippen LogP contribution is -2.29. The van der Waals surface area contributed by atoms with Gasteiger partial charge in [-0.15, -0.1) is 0 Å². The molecule has 104 valence electrons. The highest BCUT2D eigenvalue weighted by Crippen LogP contribution is 2.49. The van der Waals surface area contributed by atoms with E-state index in [1.807, 2.05) is 6.07 Å². The lowest BCUT2D eigenvalue weighted by atomic mass is 9.76. The SMILES string of the molecule is CN1CCC2CCCc3c2c1cc1ccc(O)c(O)c31. The van der Waals surface area contributed by atoms with Gasteiger partial charge in [0.05, 0.1) is 0 Å². The maximum atomic E-state index is 10.3. The Morgan fingerprint density at radius 2 is 2.05 bits per heavy atom. The number of rotatable bonds is 0. The van der Waals surface area contributed by atoms with Gasteiger partial charge in [-0.2, -0.15) is 0 Å². The summed E-state index contributed by atoms with van der Waals surface area (Å²) in [6.07, 6.45) is 4.62. The van der Waals surface area contributed by atoms with Crippen molar-refractivity contribution in [2.45, 2.75) is 31.6 Å². The first-order valence-corrected chi connectivity index (χ1v) is 7.38. The Labute approximate surface area is 118 Å². The molecule has 20 heavy (non-hydrogen) atoms. The number of benzene rings is 2. The fourth-order valence-corrected chi connectivity index (χ4v) is 4.01. The molecule has 0 fully saturated rings. The third kappa shape index (κ3) is 1.46. The highest BCUT2D eigenvalue weighted by Gasteiger charge is 2.31. The van der Waals surface area contributed by atoms with Crippen molar-refractivity contribution in [2.75, 3.05) is 18.5 Å². The van der Waals surface area contributed by atoms with Crippen LogP contribution in [0.5, 0.6) is 11.5 Å². The fraction of sp³-hybridized carbons (Fsp3) is 0.412. The summed E-state index contributed by atoms with van der Waals surface area (Å²) >= 11 is 0. The quantitative estimate of drug-likeness (QED) is 0.719.